The maximum Gasteiger partial charge on any atom is 0.0580 e. The number of aryl methyl sites for hydroxylation is 3. The third-order valence-electron chi connectivity index (χ3n) is 16.5. The van der Waals surface area contributed by atoms with Gasteiger partial charge in [0.25, 0.3) is 0 Å². The van der Waals surface area contributed by atoms with Gasteiger partial charge in [0.05, 0.1) is 12.2 Å². The minimum atomic E-state index is -0.281. The Balaban J connectivity index is 2.09. The normalized spacial score (nSPS) is 12.6. The van der Waals surface area contributed by atoms with Gasteiger partial charge >= 0.3 is 0 Å². The fourth-order valence-electron chi connectivity index (χ4n) is 12.0. The average Bonchev–Trinajstić information content (AvgIpc) is 3.38. The minimum Gasteiger partial charge on any atom is -0.393 e. The van der Waals surface area contributed by atoms with E-state index in [0.29, 0.717) is 0 Å². The quantitative estimate of drug-likeness (QED) is 0.0553. The number of benzene rings is 3. The summed E-state index contributed by atoms with van der Waals surface area (Å²) in [7, 11) is 0. The molecule has 0 aliphatic heterocycles. The first-order valence-corrected chi connectivity index (χ1v) is 33.3. The van der Waals surface area contributed by atoms with Gasteiger partial charge in [0.15, 0.2) is 0 Å². The highest BCUT2D eigenvalue weighted by molar-refractivity contribution is 5.45. The predicted octanol–water partition coefficient (Wildman–Crippen LogP) is 21.8. The van der Waals surface area contributed by atoms with Crippen LogP contribution < -0.4 is 0 Å². The lowest BCUT2D eigenvalue weighted by molar-refractivity contribution is 0.160. The molecule has 0 heterocycles. The van der Waals surface area contributed by atoms with Crippen LogP contribution in [0.25, 0.3) is 0 Å². The molecule has 3 aromatic carbocycles. The number of hydrogen-bond acceptors (Lipinski definition) is 2. The Hall–Kier alpha value is -2.42. The SMILES string of the molecule is CCCCCCCCCc1cc(Cc2[c]c(Cc3cc(CCCCCCCCC)cc(CC(O)CCCCCCC)c3)c(CCCCCC(C)C)c(CCCCCCCCC)c2)cc(CC(O)CCCCCCC)c1. The van der Waals surface area contributed by atoms with E-state index in [1.165, 1.54) is 256 Å². The summed E-state index contributed by atoms with van der Waals surface area (Å²) < 4.78 is 0. The van der Waals surface area contributed by atoms with Gasteiger partial charge in [-0.05, 0) is 158 Å². The molecule has 427 valence electrons. The van der Waals surface area contributed by atoms with Crippen molar-refractivity contribution in [1.82, 2.24) is 0 Å². The van der Waals surface area contributed by atoms with Gasteiger partial charge in [-0.15, -0.1) is 0 Å². The van der Waals surface area contributed by atoms with Gasteiger partial charge in [0.1, 0.15) is 0 Å². The van der Waals surface area contributed by atoms with Gasteiger partial charge < -0.3 is 10.2 Å². The maximum atomic E-state index is 11.5. The Morgan fingerprint density at radius 2 is 0.667 bits per heavy atom. The molecular formula is C73H123O2. The van der Waals surface area contributed by atoms with Gasteiger partial charge in [0.2, 0.25) is 0 Å². The molecule has 0 aromatic heterocycles. The average molecular weight is 1030 g/mol. The first-order valence-electron chi connectivity index (χ1n) is 33.3. The molecule has 75 heavy (non-hydrogen) atoms. The monoisotopic (exact) mass is 1030 g/mol. The molecule has 0 fully saturated rings. The lowest BCUT2D eigenvalue weighted by Crippen LogP contribution is -2.11. The molecule has 1 radical (unpaired) electrons. The van der Waals surface area contributed by atoms with Gasteiger partial charge in [-0.1, -0.05) is 290 Å². The Bertz CT molecular complexity index is 1800. The molecule has 0 saturated carbocycles. The molecular weight excluding hydrogens is 909 g/mol. The summed E-state index contributed by atoms with van der Waals surface area (Å²) in [5.41, 5.74) is 14.4. The van der Waals surface area contributed by atoms with Crippen molar-refractivity contribution >= 4 is 0 Å². The summed E-state index contributed by atoms with van der Waals surface area (Å²) >= 11 is 0. The molecule has 0 bridgehead atoms. The number of aliphatic hydroxyl groups is 2. The van der Waals surface area contributed by atoms with E-state index in [1.807, 2.05) is 0 Å². The Kier molecular flexibility index (Phi) is 39.6. The Morgan fingerprint density at radius 1 is 0.333 bits per heavy atom. The maximum absolute atomic E-state index is 11.5. The molecule has 3 aromatic rings. The van der Waals surface area contributed by atoms with Crippen LogP contribution in [0.2, 0.25) is 0 Å². The Morgan fingerprint density at radius 3 is 1.11 bits per heavy atom. The van der Waals surface area contributed by atoms with Crippen LogP contribution in [-0.4, -0.2) is 22.4 Å². The van der Waals surface area contributed by atoms with Crippen LogP contribution in [0, 0.1) is 12.0 Å². The third-order valence-corrected chi connectivity index (χ3v) is 16.5. The van der Waals surface area contributed by atoms with E-state index in [1.54, 1.807) is 11.1 Å². The second-order valence-electron chi connectivity index (χ2n) is 24.7. The fraction of sp³-hybridized carbons (Fsp3) is 0.753. The van der Waals surface area contributed by atoms with Crippen LogP contribution >= 0.6 is 0 Å². The third kappa shape index (κ3) is 32.9. The fourth-order valence-corrected chi connectivity index (χ4v) is 12.0. The summed E-state index contributed by atoms with van der Waals surface area (Å²) in [6, 6.07) is 21.8. The van der Waals surface area contributed by atoms with Crippen molar-refractivity contribution in [2.45, 2.75) is 350 Å². The number of hydrogen-bond donors (Lipinski definition) is 2. The zero-order chi connectivity index (χ0) is 54.0. The summed E-state index contributed by atoms with van der Waals surface area (Å²) in [4.78, 5) is 0. The van der Waals surface area contributed by atoms with Gasteiger partial charge in [-0.25, -0.2) is 0 Å². The smallest absolute Gasteiger partial charge is 0.0580 e. The van der Waals surface area contributed by atoms with Crippen LogP contribution in [0.1, 0.15) is 342 Å². The molecule has 0 aliphatic rings. The molecule has 2 heteroatoms. The summed E-state index contributed by atoms with van der Waals surface area (Å²) in [6.45, 7) is 16.3. The van der Waals surface area contributed by atoms with Crippen LogP contribution in [0.15, 0.2) is 42.5 Å². The number of unbranched alkanes of at least 4 members (excludes halogenated alkanes) is 28. The molecule has 2 atom stereocenters. The van der Waals surface area contributed by atoms with E-state index in [4.69, 9.17) is 0 Å². The van der Waals surface area contributed by atoms with Crippen molar-refractivity contribution in [1.29, 1.82) is 0 Å². The molecule has 0 aliphatic carbocycles. The van der Waals surface area contributed by atoms with E-state index >= 15 is 0 Å². The van der Waals surface area contributed by atoms with Crippen molar-refractivity contribution < 1.29 is 10.2 Å². The lowest BCUT2D eigenvalue weighted by Gasteiger charge is -2.20. The standard InChI is InChI=1S/C73H123O2/c1-8-13-18-23-26-31-36-43-62-49-64(53-66(51-62)59-71(74)46-39-29-21-16-11-4)54-68-56-69(45-38-33-28-25-20-15-10-3)73(48-41-34-35-42-61(6)7)70(58-68)57-65-50-63(44-37-32-27-24-19-14-9-2)52-67(55-65)60-72(75)47-40-30-22-17-12-5/h49-53,55-56,61,71-72,74-75H,8-48,54,57,59-60H2,1-7H3. The molecule has 3 rings (SSSR count). The van der Waals surface area contributed by atoms with E-state index in [0.717, 1.165) is 83.0 Å². The molecule has 2 N–H and O–H groups in total. The first-order chi connectivity index (χ1) is 36.7. The van der Waals surface area contributed by atoms with Crippen molar-refractivity contribution in [2.24, 2.45) is 5.92 Å². The van der Waals surface area contributed by atoms with Crippen molar-refractivity contribution in [2.75, 3.05) is 0 Å². The van der Waals surface area contributed by atoms with Crippen molar-refractivity contribution in [3.63, 3.8) is 0 Å². The highest BCUT2D eigenvalue weighted by Crippen LogP contribution is 2.30. The predicted molar refractivity (Wildman–Crippen MR) is 332 cm³/mol. The second-order valence-corrected chi connectivity index (χ2v) is 24.7. The zero-order valence-corrected chi connectivity index (χ0v) is 51.0. The lowest BCUT2D eigenvalue weighted by atomic mass is 9.85. The van der Waals surface area contributed by atoms with Gasteiger partial charge in [-0.2, -0.15) is 0 Å². The van der Waals surface area contributed by atoms with E-state index < -0.39 is 0 Å². The summed E-state index contributed by atoms with van der Waals surface area (Å²) in [5.74, 6) is 0.761. The highest BCUT2D eigenvalue weighted by Gasteiger charge is 2.17. The first kappa shape index (κ1) is 66.9. The zero-order valence-electron chi connectivity index (χ0n) is 51.0. The molecule has 0 saturated heterocycles. The molecule has 2 nitrogen and oxygen atoms in total. The van der Waals surface area contributed by atoms with Gasteiger partial charge in [-0.3, -0.25) is 0 Å². The number of aliphatic hydroxyl groups excluding tert-OH is 2. The molecule has 0 amide bonds. The van der Waals surface area contributed by atoms with Crippen molar-refractivity contribution in [3.05, 3.63) is 104 Å². The summed E-state index contributed by atoms with van der Waals surface area (Å²) in [5, 5.41) is 22.9. The topological polar surface area (TPSA) is 40.5 Å². The van der Waals surface area contributed by atoms with Crippen molar-refractivity contribution in [3.8, 4) is 0 Å². The summed E-state index contributed by atoms with van der Waals surface area (Å²) in [6.07, 6.45) is 54.6. The largest absolute Gasteiger partial charge is 0.393 e. The minimum absolute atomic E-state index is 0.279. The molecule has 2 unspecified atom stereocenters. The van der Waals surface area contributed by atoms with Crippen LogP contribution in [0.5, 0.6) is 0 Å². The van der Waals surface area contributed by atoms with Crippen LogP contribution in [-0.2, 0) is 51.4 Å². The molecule has 0 spiro atoms. The van der Waals surface area contributed by atoms with E-state index in [2.05, 4.69) is 97.0 Å². The number of rotatable bonds is 50. The van der Waals surface area contributed by atoms with E-state index in [9.17, 15) is 10.2 Å². The van der Waals surface area contributed by atoms with Crippen LogP contribution in [0.4, 0.5) is 0 Å². The Labute approximate surface area is 467 Å². The van der Waals surface area contributed by atoms with Crippen LogP contribution in [0.3, 0.4) is 0 Å². The van der Waals surface area contributed by atoms with E-state index in [-0.39, 0.29) is 12.2 Å². The second kappa shape index (κ2) is 44.4. The van der Waals surface area contributed by atoms with Gasteiger partial charge in [0, 0.05) is 0 Å². The highest BCUT2D eigenvalue weighted by atomic mass is 16.3.